The molecule has 0 aliphatic carbocycles. The zero-order valence-corrected chi connectivity index (χ0v) is 26.0. The van der Waals surface area contributed by atoms with Crippen molar-refractivity contribution in [1.29, 1.82) is 0 Å². The molecule has 0 bridgehead atoms. The Hall–Kier alpha value is -5.54. The summed E-state index contributed by atoms with van der Waals surface area (Å²) in [4.78, 5) is 41.6. The summed E-state index contributed by atoms with van der Waals surface area (Å²) in [6.07, 6.45) is 5.37. The Morgan fingerprint density at radius 2 is 1.87 bits per heavy atom. The number of ether oxygens (including phenoxy) is 1. The molecule has 3 heterocycles. The lowest BCUT2D eigenvalue weighted by Crippen LogP contribution is -2.28. The Labute approximate surface area is 268 Å². The molecule has 1 unspecified atom stereocenters. The molecule has 15 heteroatoms. The minimum absolute atomic E-state index is 0.0263. The number of carbonyl (C=O) groups is 2. The Kier molecular flexibility index (Phi) is 8.74. The zero-order chi connectivity index (χ0) is 33.1. The molecule has 0 aliphatic heterocycles. The summed E-state index contributed by atoms with van der Waals surface area (Å²) in [5, 5.41) is 12.1. The summed E-state index contributed by atoms with van der Waals surface area (Å²) >= 11 is 0. The molecule has 242 valence electrons. The van der Waals surface area contributed by atoms with E-state index in [1.165, 1.54) is 6.07 Å². The van der Waals surface area contributed by atoms with Gasteiger partial charge in [0.25, 0.3) is 16.0 Å². The van der Waals surface area contributed by atoms with Crippen molar-refractivity contribution in [3.63, 3.8) is 0 Å². The second kappa shape index (κ2) is 13.1. The van der Waals surface area contributed by atoms with Crippen LogP contribution in [0, 0.1) is 0 Å². The second-order valence-corrected chi connectivity index (χ2v) is 12.5. The fourth-order valence-corrected chi connectivity index (χ4v) is 5.86. The third-order valence-corrected chi connectivity index (χ3v) is 8.47. The van der Waals surface area contributed by atoms with Crippen molar-refractivity contribution < 1.29 is 32.4 Å². The highest BCUT2D eigenvalue weighted by Crippen LogP contribution is 2.29. The molecule has 14 nitrogen and oxygen atoms in total. The van der Waals surface area contributed by atoms with Crippen LogP contribution in [0.4, 0.5) is 0 Å². The van der Waals surface area contributed by atoms with Crippen molar-refractivity contribution in [1.82, 2.24) is 34.4 Å². The highest BCUT2D eigenvalue weighted by Gasteiger charge is 2.23. The lowest BCUT2D eigenvalue weighted by molar-refractivity contribution is 0.0691. The van der Waals surface area contributed by atoms with Crippen LogP contribution in [0.1, 0.15) is 51.6 Å². The lowest BCUT2D eigenvalue weighted by Gasteiger charge is -2.13. The highest BCUT2D eigenvalue weighted by molar-refractivity contribution is 7.85. The highest BCUT2D eigenvalue weighted by atomic mass is 32.2. The van der Waals surface area contributed by atoms with E-state index in [4.69, 9.17) is 14.7 Å². The van der Waals surface area contributed by atoms with Gasteiger partial charge in [-0.05, 0) is 61.9 Å². The predicted octanol–water partition coefficient (Wildman–Crippen LogP) is 4.04. The van der Waals surface area contributed by atoms with Crippen LogP contribution in [0.3, 0.4) is 0 Å². The van der Waals surface area contributed by atoms with Gasteiger partial charge in [-0.25, -0.2) is 19.7 Å². The number of hydrogen-bond donors (Lipinski definition) is 4. The monoisotopic (exact) mass is 657 g/mol. The molecule has 6 rings (SSSR count). The Morgan fingerprint density at radius 1 is 1.06 bits per heavy atom. The van der Waals surface area contributed by atoms with Gasteiger partial charge >= 0.3 is 5.97 Å². The molecule has 0 fully saturated rings. The summed E-state index contributed by atoms with van der Waals surface area (Å²) in [7, 11) is -4.19. The SMILES string of the molecule is CC(c1nc2ccc(-n3ccnc3)cc2[nH]1)c1nc2ccc(C(=O)NCCOc3ccccc3C(=O)O)cc2n1CCCS(=O)(=O)O. The van der Waals surface area contributed by atoms with Crippen LogP contribution < -0.4 is 10.1 Å². The summed E-state index contributed by atoms with van der Waals surface area (Å²) in [5.74, 6) is -0.820. The molecule has 3 aromatic carbocycles. The maximum absolute atomic E-state index is 13.1. The average molecular weight is 658 g/mol. The Morgan fingerprint density at radius 3 is 2.64 bits per heavy atom. The van der Waals surface area contributed by atoms with E-state index >= 15 is 0 Å². The molecule has 0 spiro atoms. The number of rotatable bonds is 13. The molecule has 6 aromatic rings. The van der Waals surface area contributed by atoms with Gasteiger partial charge in [0, 0.05) is 30.2 Å². The second-order valence-electron chi connectivity index (χ2n) is 10.9. The number of amides is 1. The molecular weight excluding hydrogens is 626 g/mol. The number of carboxylic acid groups (broad SMARTS) is 1. The number of carbonyl (C=O) groups excluding carboxylic acids is 1. The molecule has 0 aliphatic rings. The van der Waals surface area contributed by atoms with E-state index in [9.17, 15) is 27.7 Å². The van der Waals surface area contributed by atoms with E-state index in [0.717, 1.165) is 16.7 Å². The lowest BCUT2D eigenvalue weighted by atomic mass is 10.1. The first-order chi connectivity index (χ1) is 22.6. The van der Waals surface area contributed by atoms with Gasteiger partial charge in [-0.3, -0.25) is 9.35 Å². The number of aromatic carboxylic acids is 1. The van der Waals surface area contributed by atoms with Crippen molar-refractivity contribution in [2.24, 2.45) is 0 Å². The third kappa shape index (κ3) is 7.00. The van der Waals surface area contributed by atoms with Crippen LogP contribution in [-0.4, -0.2) is 77.9 Å². The predicted molar refractivity (Wildman–Crippen MR) is 173 cm³/mol. The fourth-order valence-electron chi connectivity index (χ4n) is 5.37. The summed E-state index contributed by atoms with van der Waals surface area (Å²) in [6.45, 7) is 2.32. The maximum Gasteiger partial charge on any atom is 0.339 e. The van der Waals surface area contributed by atoms with Gasteiger partial charge in [-0.2, -0.15) is 8.42 Å². The number of fused-ring (bicyclic) bond motifs is 2. The Bertz CT molecular complexity index is 2190. The van der Waals surface area contributed by atoms with Gasteiger partial charge < -0.3 is 29.3 Å². The van der Waals surface area contributed by atoms with Crippen LogP contribution in [0.2, 0.25) is 0 Å². The quantitative estimate of drug-likeness (QED) is 0.104. The van der Waals surface area contributed by atoms with Gasteiger partial charge in [0.15, 0.2) is 0 Å². The largest absolute Gasteiger partial charge is 0.491 e. The van der Waals surface area contributed by atoms with Crippen molar-refractivity contribution in [3.05, 3.63) is 102 Å². The topological polar surface area (TPSA) is 194 Å². The van der Waals surface area contributed by atoms with E-state index in [1.807, 2.05) is 40.5 Å². The maximum atomic E-state index is 13.1. The smallest absolute Gasteiger partial charge is 0.339 e. The number of nitrogens with one attached hydrogen (secondary N) is 2. The molecule has 3 aromatic heterocycles. The number of aromatic amines is 1. The average Bonchev–Trinajstić information content (AvgIpc) is 3.81. The van der Waals surface area contributed by atoms with Gasteiger partial charge in [0.1, 0.15) is 29.6 Å². The van der Waals surface area contributed by atoms with Gasteiger partial charge in [-0.1, -0.05) is 12.1 Å². The number of aryl methyl sites for hydroxylation is 1. The van der Waals surface area contributed by atoms with Crippen molar-refractivity contribution in [2.45, 2.75) is 25.8 Å². The van der Waals surface area contributed by atoms with E-state index in [-0.39, 0.29) is 49.3 Å². The fraction of sp³-hybridized carbons (Fsp3) is 0.219. The number of benzene rings is 3. The Balaban J connectivity index is 1.24. The van der Waals surface area contributed by atoms with E-state index < -0.39 is 21.8 Å². The standard InChI is InChI=1S/C32H31N7O7S/c1-20(29-35-24-10-8-22(18-26(24)36-29)38-14-11-33-19-38)30-37-25-9-7-21(17-27(25)39(30)13-4-16-47(43,44)45)31(40)34-12-15-46-28-6-3-2-5-23(28)32(41)42/h2-3,5-11,14,17-20H,4,12-13,15-16H2,1H3,(H,34,40)(H,35,36)(H,41,42)(H,43,44,45). The van der Waals surface area contributed by atoms with Crippen LogP contribution in [0.5, 0.6) is 5.75 Å². The number of para-hydroxylation sites is 1. The first kappa shape index (κ1) is 31.4. The van der Waals surface area contributed by atoms with Gasteiger partial charge in [0.2, 0.25) is 0 Å². The van der Waals surface area contributed by atoms with Gasteiger partial charge in [0.05, 0.1) is 46.6 Å². The molecule has 47 heavy (non-hydrogen) atoms. The van der Waals surface area contributed by atoms with Crippen LogP contribution in [-0.2, 0) is 16.7 Å². The van der Waals surface area contributed by atoms with Crippen molar-refractivity contribution >= 4 is 44.1 Å². The zero-order valence-electron chi connectivity index (χ0n) is 25.2. The summed E-state index contributed by atoms with van der Waals surface area (Å²) in [6, 6.07) is 17.1. The number of carboxylic acids is 1. The third-order valence-electron chi connectivity index (χ3n) is 7.67. The van der Waals surface area contributed by atoms with Crippen molar-refractivity contribution in [3.8, 4) is 11.4 Å². The number of hydrogen-bond acceptors (Lipinski definition) is 8. The molecule has 4 N–H and O–H groups in total. The van der Waals surface area contributed by atoms with E-state index in [0.29, 0.717) is 28.2 Å². The van der Waals surface area contributed by atoms with Crippen LogP contribution >= 0.6 is 0 Å². The number of H-pyrrole nitrogens is 1. The minimum atomic E-state index is -4.19. The minimum Gasteiger partial charge on any atom is -0.491 e. The van der Waals surface area contributed by atoms with E-state index in [2.05, 4.69) is 15.3 Å². The molecule has 0 radical (unpaired) electrons. The van der Waals surface area contributed by atoms with Crippen LogP contribution in [0.15, 0.2) is 79.4 Å². The molecular formula is C32H31N7O7S. The first-order valence-corrected chi connectivity index (χ1v) is 16.3. The summed E-state index contributed by atoms with van der Waals surface area (Å²) in [5.41, 5.74) is 4.08. The first-order valence-electron chi connectivity index (χ1n) is 14.7. The number of aromatic nitrogens is 6. The molecule has 1 amide bonds. The van der Waals surface area contributed by atoms with E-state index in [1.54, 1.807) is 48.9 Å². The molecule has 0 saturated heterocycles. The summed E-state index contributed by atoms with van der Waals surface area (Å²) < 4.78 is 41.7. The molecule has 0 saturated carbocycles. The normalized spacial score (nSPS) is 12.4. The van der Waals surface area contributed by atoms with Gasteiger partial charge in [-0.15, -0.1) is 0 Å². The number of nitrogens with zero attached hydrogens (tertiary/aromatic N) is 5. The van der Waals surface area contributed by atoms with Crippen molar-refractivity contribution in [2.75, 3.05) is 18.9 Å². The number of imidazole rings is 3. The molecule has 1 atom stereocenters. The van der Waals surface area contributed by atoms with Crippen LogP contribution in [0.25, 0.3) is 27.8 Å².